The fraction of sp³-hybridized carbons (Fsp3) is 0.455. The maximum atomic E-state index is 11.5. The van der Waals surface area contributed by atoms with Crippen molar-refractivity contribution in [2.75, 3.05) is 11.9 Å². The number of halogens is 1. The maximum absolute atomic E-state index is 11.5. The van der Waals surface area contributed by atoms with Crippen LogP contribution in [0.2, 0.25) is 5.15 Å². The van der Waals surface area contributed by atoms with Crippen molar-refractivity contribution in [1.29, 1.82) is 0 Å². The van der Waals surface area contributed by atoms with Crippen LogP contribution in [0.4, 0.5) is 5.69 Å². The summed E-state index contributed by atoms with van der Waals surface area (Å²) in [6.07, 6.45) is 3.27. The number of unbranched alkanes of at least 4 members (excludes halogenated alkanes) is 1. The molecule has 2 N–H and O–H groups in total. The molecule has 1 heterocycles. The van der Waals surface area contributed by atoms with E-state index in [2.05, 4.69) is 10.3 Å². The van der Waals surface area contributed by atoms with E-state index in [1.165, 1.54) is 0 Å². The molecular formula is C11H15ClN2O2. The minimum absolute atomic E-state index is 0.105. The number of aryl methyl sites for hydroxylation is 1. The number of hydrogen-bond acceptors (Lipinski definition) is 3. The van der Waals surface area contributed by atoms with Crippen LogP contribution >= 0.6 is 11.6 Å². The molecule has 0 spiro atoms. The Balaban J connectivity index is 2.56. The molecule has 0 fully saturated rings. The normalized spacial score (nSPS) is 10.2. The first-order chi connectivity index (χ1) is 7.65. The van der Waals surface area contributed by atoms with Crippen molar-refractivity contribution < 1.29 is 9.90 Å². The van der Waals surface area contributed by atoms with Gasteiger partial charge in [-0.1, -0.05) is 11.6 Å². The molecule has 0 saturated carbocycles. The monoisotopic (exact) mass is 242 g/mol. The van der Waals surface area contributed by atoms with Crippen molar-refractivity contribution in [3.63, 3.8) is 0 Å². The Hall–Kier alpha value is -1.13. The summed E-state index contributed by atoms with van der Waals surface area (Å²) in [5, 5.41) is 11.6. The number of pyridine rings is 1. The van der Waals surface area contributed by atoms with Gasteiger partial charge in [0.15, 0.2) is 5.15 Å². The van der Waals surface area contributed by atoms with Crippen LogP contribution in [0.5, 0.6) is 0 Å². The molecule has 0 radical (unpaired) electrons. The summed E-state index contributed by atoms with van der Waals surface area (Å²) >= 11 is 5.87. The molecule has 0 aliphatic heterocycles. The third-order valence-electron chi connectivity index (χ3n) is 2.19. The molecule has 0 aliphatic carbocycles. The van der Waals surface area contributed by atoms with Gasteiger partial charge in [-0.15, -0.1) is 0 Å². The number of carbonyl (C=O) groups excluding carboxylic acids is 1. The number of rotatable bonds is 5. The number of aromatic nitrogens is 1. The number of aliphatic hydroxyl groups is 1. The Bertz CT molecular complexity index is 349. The summed E-state index contributed by atoms with van der Waals surface area (Å²) in [5.74, 6) is -0.105. The number of nitrogens with zero attached hydrogens (tertiary/aromatic N) is 1. The Kier molecular flexibility index (Phi) is 5.22. The van der Waals surface area contributed by atoms with E-state index >= 15 is 0 Å². The van der Waals surface area contributed by atoms with Gasteiger partial charge in [0.05, 0.1) is 5.69 Å². The molecule has 88 valence electrons. The van der Waals surface area contributed by atoms with Crippen LogP contribution in [-0.4, -0.2) is 22.6 Å². The van der Waals surface area contributed by atoms with Crippen LogP contribution in [0.1, 0.15) is 24.8 Å². The number of hydrogen-bond donors (Lipinski definition) is 2. The van der Waals surface area contributed by atoms with Gasteiger partial charge in [0.25, 0.3) is 0 Å². The lowest BCUT2D eigenvalue weighted by Gasteiger charge is -2.08. The Labute approximate surface area is 99.6 Å². The van der Waals surface area contributed by atoms with Crippen molar-refractivity contribution >= 4 is 23.2 Å². The standard InChI is InChI=1S/C11H15ClN2O2/c1-8-5-6-13-11(12)10(8)14-9(16)4-2-3-7-15/h5-6,15H,2-4,7H2,1H3,(H,14,16). The summed E-state index contributed by atoms with van der Waals surface area (Å²) in [6, 6.07) is 1.79. The fourth-order valence-corrected chi connectivity index (χ4v) is 1.53. The molecule has 0 aliphatic rings. The average molecular weight is 243 g/mol. The van der Waals surface area contributed by atoms with Crippen molar-refractivity contribution in [1.82, 2.24) is 4.98 Å². The van der Waals surface area contributed by atoms with Gasteiger partial charge in [0.1, 0.15) is 0 Å². The first kappa shape index (κ1) is 12.9. The molecule has 1 aromatic heterocycles. The summed E-state index contributed by atoms with van der Waals surface area (Å²) in [5.41, 5.74) is 1.45. The van der Waals surface area contributed by atoms with Crippen LogP contribution in [0, 0.1) is 6.92 Å². The van der Waals surface area contributed by atoms with Gasteiger partial charge < -0.3 is 10.4 Å². The zero-order chi connectivity index (χ0) is 12.0. The van der Waals surface area contributed by atoms with Gasteiger partial charge in [-0.2, -0.15) is 0 Å². The Morgan fingerprint density at radius 3 is 2.94 bits per heavy atom. The molecule has 4 nitrogen and oxygen atoms in total. The van der Waals surface area contributed by atoms with E-state index in [-0.39, 0.29) is 12.5 Å². The highest BCUT2D eigenvalue weighted by atomic mass is 35.5. The van der Waals surface area contributed by atoms with E-state index < -0.39 is 0 Å². The van der Waals surface area contributed by atoms with E-state index in [1.807, 2.05) is 6.92 Å². The lowest BCUT2D eigenvalue weighted by molar-refractivity contribution is -0.116. The largest absolute Gasteiger partial charge is 0.396 e. The van der Waals surface area contributed by atoms with E-state index in [9.17, 15) is 4.79 Å². The van der Waals surface area contributed by atoms with E-state index in [1.54, 1.807) is 12.3 Å². The molecule has 0 unspecified atom stereocenters. The van der Waals surface area contributed by atoms with Gasteiger partial charge in [0, 0.05) is 19.2 Å². The second-order valence-corrected chi connectivity index (χ2v) is 3.88. The third-order valence-corrected chi connectivity index (χ3v) is 2.48. The number of amides is 1. The number of anilines is 1. The average Bonchev–Trinajstić information content (AvgIpc) is 2.24. The molecule has 5 heteroatoms. The number of carbonyl (C=O) groups is 1. The quantitative estimate of drug-likeness (QED) is 0.614. The first-order valence-corrected chi connectivity index (χ1v) is 5.54. The fourth-order valence-electron chi connectivity index (χ4n) is 1.27. The zero-order valence-electron chi connectivity index (χ0n) is 9.16. The van der Waals surface area contributed by atoms with Crippen LogP contribution in [0.15, 0.2) is 12.3 Å². The van der Waals surface area contributed by atoms with E-state index in [4.69, 9.17) is 16.7 Å². The Morgan fingerprint density at radius 1 is 1.56 bits per heavy atom. The lowest BCUT2D eigenvalue weighted by atomic mass is 10.2. The molecule has 16 heavy (non-hydrogen) atoms. The van der Waals surface area contributed by atoms with Crippen molar-refractivity contribution in [3.05, 3.63) is 23.0 Å². The topological polar surface area (TPSA) is 62.2 Å². The minimum Gasteiger partial charge on any atom is -0.396 e. The number of aliphatic hydroxyl groups excluding tert-OH is 1. The van der Waals surface area contributed by atoms with Crippen LogP contribution in [-0.2, 0) is 4.79 Å². The smallest absolute Gasteiger partial charge is 0.224 e. The van der Waals surface area contributed by atoms with Crippen LogP contribution in [0.3, 0.4) is 0 Å². The SMILES string of the molecule is Cc1ccnc(Cl)c1NC(=O)CCCCO. The summed E-state index contributed by atoms with van der Waals surface area (Å²) in [4.78, 5) is 15.4. The van der Waals surface area contributed by atoms with Gasteiger partial charge in [-0.25, -0.2) is 4.98 Å². The molecule has 1 rings (SSSR count). The summed E-state index contributed by atoms with van der Waals surface area (Å²) < 4.78 is 0. The second-order valence-electron chi connectivity index (χ2n) is 3.52. The van der Waals surface area contributed by atoms with Crippen molar-refractivity contribution in [3.8, 4) is 0 Å². The maximum Gasteiger partial charge on any atom is 0.224 e. The van der Waals surface area contributed by atoms with Crippen molar-refractivity contribution in [2.45, 2.75) is 26.2 Å². The molecule has 1 amide bonds. The second kappa shape index (κ2) is 6.45. The molecule has 0 saturated heterocycles. The summed E-state index contributed by atoms with van der Waals surface area (Å²) in [7, 11) is 0. The third kappa shape index (κ3) is 3.79. The molecular weight excluding hydrogens is 228 g/mol. The van der Waals surface area contributed by atoms with E-state index in [0.717, 1.165) is 5.56 Å². The zero-order valence-corrected chi connectivity index (χ0v) is 9.92. The highest BCUT2D eigenvalue weighted by Gasteiger charge is 2.08. The van der Waals surface area contributed by atoms with E-state index in [0.29, 0.717) is 30.1 Å². The highest BCUT2D eigenvalue weighted by molar-refractivity contribution is 6.32. The molecule has 0 aromatic carbocycles. The first-order valence-electron chi connectivity index (χ1n) is 5.17. The van der Waals surface area contributed by atoms with Crippen molar-refractivity contribution in [2.24, 2.45) is 0 Å². The molecule has 0 atom stereocenters. The molecule has 1 aromatic rings. The number of nitrogens with one attached hydrogen (secondary N) is 1. The molecule has 0 bridgehead atoms. The van der Waals surface area contributed by atoms with Crippen LogP contribution in [0.25, 0.3) is 0 Å². The Morgan fingerprint density at radius 2 is 2.31 bits per heavy atom. The van der Waals surface area contributed by atoms with Gasteiger partial charge in [-0.3, -0.25) is 4.79 Å². The highest BCUT2D eigenvalue weighted by Crippen LogP contribution is 2.22. The lowest BCUT2D eigenvalue weighted by Crippen LogP contribution is -2.13. The predicted molar refractivity (Wildman–Crippen MR) is 63.6 cm³/mol. The minimum atomic E-state index is -0.105. The van der Waals surface area contributed by atoms with Gasteiger partial charge in [-0.05, 0) is 31.4 Å². The van der Waals surface area contributed by atoms with Gasteiger partial charge >= 0.3 is 0 Å². The van der Waals surface area contributed by atoms with Crippen LogP contribution < -0.4 is 5.32 Å². The predicted octanol–water partition coefficient (Wildman–Crippen LogP) is 2.14. The van der Waals surface area contributed by atoms with Gasteiger partial charge in [0.2, 0.25) is 5.91 Å². The summed E-state index contributed by atoms with van der Waals surface area (Å²) in [6.45, 7) is 1.97.